The number of carboxylic acids is 1. The van der Waals surface area contributed by atoms with Crippen molar-refractivity contribution in [2.45, 2.75) is 26.3 Å². The number of carbonyl (C=O) groups is 3. The summed E-state index contributed by atoms with van der Waals surface area (Å²) in [4.78, 5) is 37.9. The molecule has 2 rings (SSSR count). The second-order valence-corrected chi connectivity index (χ2v) is 7.07. The molecule has 1 aromatic carbocycles. The van der Waals surface area contributed by atoms with Gasteiger partial charge in [0.2, 0.25) is 0 Å². The van der Waals surface area contributed by atoms with Gasteiger partial charge in [-0.1, -0.05) is 24.6 Å². The van der Waals surface area contributed by atoms with E-state index in [9.17, 15) is 14.4 Å². The fourth-order valence-corrected chi connectivity index (χ4v) is 3.09. The molecule has 138 valence electrons. The first-order valence-corrected chi connectivity index (χ1v) is 9.26. The summed E-state index contributed by atoms with van der Waals surface area (Å²) in [6, 6.07) is 7.69. The summed E-state index contributed by atoms with van der Waals surface area (Å²) in [6.07, 6.45) is 0.620. The van der Waals surface area contributed by atoms with Gasteiger partial charge in [-0.05, 0) is 43.0 Å². The minimum Gasteiger partial charge on any atom is -0.480 e. The molecule has 1 unspecified atom stereocenters. The van der Waals surface area contributed by atoms with Crippen LogP contribution in [0.1, 0.15) is 40.3 Å². The number of rotatable bonds is 7. The lowest BCUT2D eigenvalue weighted by molar-refractivity contribution is -0.138. The highest BCUT2D eigenvalue weighted by Gasteiger charge is 2.23. The summed E-state index contributed by atoms with van der Waals surface area (Å²) in [5, 5.41) is 13.8. The van der Waals surface area contributed by atoms with Crippen LogP contribution >= 0.6 is 22.9 Å². The highest BCUT2D eigenvalue weighted by Crippen LogP contribution is 2.25. The summed E-state index contributed by atoms with van der Waals surface area (Å²) < 4.78 is 0. The van der Waals surface area contributed by atoms with E-state index in [0.29, 0.717) is 22.0 Å². The van der Waals surface area contributed by atoms with Crippen LogP contribution in [0.4, 0.5) is 5.69 Å². The highest BCUT2D eigenvalue weighted by atomic mass is 35.5. The molecule has 0 aliphatic carbocycles. The Morgan fingerprint density at radius 3 is 2.62 bits per heavy atom. The van der Waals surface area contributed by atoms with Crippen molar-refractivity contribution in [3.8, 4) is 0 Å². The molecule has 0 radical (unpaired) electrons. The number of nitrogens with one attached hydrogen (secondary N) is 1. The Morgan fingerprint density at radius 2 is 2.04 bits per heavy atom. The van der Waals surface area contributed by atoms with E-state index >= 15 is 0 Å². The Bertz CT molecular complexity index is 808. The average molecular weight is 395 g/mol. The van der Waals surface area contributed by atoms with Gasteiger partial charge in [-0.15, -0.1) is 11.3 Å². The Kier molecular flexibility index (Phi) is 6.76. The molecule has 1 atom stereocenters. The van der Waals surface area contributed by atoms with Gasteiger partial charge >= 0.3 is 5.97 Å². The SMILES string of the molecule is CCC(C)N(CC(=O)O)C(=O)c1ccc(Cl)c(NC(=O)c2cccs2)c1. The molecule has 1 aromatic heterocycles. The van der Waals surface area contributed by atoms with Gasteiger partial charge in [-0.2, -0.15) is 0 Å². The molecule has 0 saturated heterocycles. The molecule has 0 spiro atoms. The number of hydrogen-bond acceptors (Lipinski definition) is 4. The third-order valence-electron chi connectivity index (χ3n) is 3.90. The van der Waals surface area contributed by atoms with E-state index in [2.05, 4.69) is 5.32 Å². The average Bonchev–Trinajstić information content (AvgIpc) is 3.15. The number of thiophene rings is 1. The lowest BCUT2D eigenvalue weighted by Gasteiger charge is -2.27. The Balaban J connectivity index is 2.27. The van der Waals surface area contributed by atoms with E-state index in [0.717, 1.165) is 0 Å². The maximum atomic E-state index is 12.8. The van der Waals surface area contributed by atoms with E-state index in [1.807, 2.05) is 6.92 Å². The minimum atomic E-state index is -1.08. The minimum absolute atomic E-state index is 0.238. The number of carboxylic acid groups (broad SMARTS) is 1. The second-order valence-electron chi connectivity index (χ2n) is 5.71. The number of aliphatic carboxylic acids is 1. The predicted octanol–water partition coefficient (Wildman–Crippen LogP) is 3.98. The monoisotopic (exact) mass is 394 g/mol. The maximum absolute atomic E-state index is 12.8. The van der Waals surface area contributed by atoms with Crippen molar-refractivity contribution in [2.75, 3.05) is 11.9 Å². The van der Waals surface area contributed by atoms with E-state index in [4.69, 9.17) is 16.7 Å². The largest absolute Gasteiger partial charge is 0.480 e. The summed E-state index contributed by atoms with van der Waals surface area (Å²) in [5.41, 5.74) is 0.563. The summed E-state index contributed by atoms with van der Waals surface area (Å²) >= 11 is 7.42. The van der Waals surface area contributed by atoms with Gasteiger partial charge in [0.1, 0.15) is 6.54 Å². The van der Waals surface area contributed by atoms with Gasteiger partial charge in [0, 0.05) is 11.6 Å². The van der Waals surface area contributed by atoms with Crippen LogP contribution in [0.25, 0.3) is 0 Å². The zero-order chi connectivity index (χ0) is 19.3. The topological polar surface area (TPSA) is 86.7 Å². The molecule has 0 fully saturated rings. The number of nitrogens with zero attached hydrogens (tertiary/aromatic N) is 1. The lowest BCUT2D eigenvalue weighted by atomic mass is 10.1. The smallest absolute Gasteiger partial charge is 0.323 e. The number of halogens is 1. The van der Waals surface area contributed by atoms with Crippen molar-refractivity contribution in [3.05, 3.63) is 51.2 Å². The second kappa shape index (κ2) is 8.82. The first-order valence-electron chi connectivity index (χ1n) is 8.00. The molecule has 26 heavy (non-hydrogen) atoms. The standard InChI is InChI=1S/C18H19ClN2O4S/c1-3-11(2)21(10-16(22)23)18(25)12-6-7-13(19)14(9-12)20-17(24)15-5-4-8-26-15/h4-9,11H,3,10H2,1-2H3,(H,20,24)(H,22,23). The van der Waals surface area contributed by atoms with Gasteiger partial charge in [-0.3, -0.25) is 14.4 Å². The molecule has 0 bridgehead atoms. The molecule has 1 heterocycles. The van der Waals surface area contributed by atoms with Crippen LogP contribution in [0, 0.1) is 0 Å². The van der Waals surface area contributed by atoms with Crippen molar-refractivity contribution in [1.29, 1.82) is 0 Å². The molecule has 0 aliphatic rings. The molecule has 6 nitrogen and oxygen atoms in total. The molecular weight excluding hydrogens is 376 g/mol. The van der Waals surface area contributed by atoms with Crippen molar-refractivity contribution in [3.63, 3.8) is 0 Å². The molecule has 0 saturated carbocycles. The van der Waals surface area contributed by atoms with Crippen LogP contribution in [0.5, 0.6) is 0 Å². The fraction of sp³-hybridized carbons (Fsp3) is 0.278. The number of benzene rings is 1. The van der Waals surface area contributed by atoms with Crippen LogP contribution in [-0.4, -0.2) is 40.4 Å². The van der Waals surface area contributed by atoms with Crippen LogP contribution in [0.15, 0.2) is 35.7 Å². The van der Waals surface area contributed by atoms with E-state index < -0.39 is 18.4 Å². The fourth-order valence-electron chi connectivity index (χ4n) is 2.31. The van der Waals surface area contributed by atoms with Crippen molar-refractivity contribution >= 4 is 46.4 Å². The Hall–Kier alpha value is -2.38. The molecule has 0 aliphatic heterocycles. The van der Waals surface area contributed by atoms with Crippen molar-refractivity contribution in [1.82, 2.24) is 4.90 Å². The van der Waals surface area contributed by atoms with Gasteiger partial charge < -0.3 is 15.3 Å². The van der Waals surface area contributed by atoms with Crippen molar-refractivity contribution < 1.29 is 19.5 Å². The number of carbonyl (C=O) groups excluding carboxylic acids is 2. The third kappa shape index (κ3) is 4.83. The first kappa shape index (κ1) is 19.9. The van der Waals surface area contributed by atoms with Crippen LogP contribution in [-0.2, 0) is 4.79 Å². The Morgan fingerprint density at radius 1 is 1.31 bits per heavy atom. The zero-order valence-corrected chi connectivity index (χ0v) is 15.9. The first-order chi connectivity index (χ1) is 12.3. The molecular formula is C18H19ClN2O4S. The summed E-state index contributed by atoms with van der Waals surface area (Å²) in [7, 11) is 0. The number of amides is 2. The van der Waals surface area contributed by atoms with Gasteiger partial charge in [0.05, 0.1) is 15.6 Å². The van der Waals surface area contributed by atoms with Gasteiger partial charge in [0.15, 0.2) is 0 Å². The van der Waals surface area contributed by atoms with Crippen LogP contribution < -0.4 is 5.32 Å². The molecule has 8 heteroatoms. The Labute approximate surface area is 160 Å². The number of hydrogen-bond donors (Lipinski definition) is 2. The van der Waals surface area contributed by atoms with E-state index in [1.54, 1.807) is 24.4 Å². The number of anilines is 1. The van der Waals surface area contributed by atoms with E-state index in [-0.39, 0.29) is 17.5 Å². The third-order valence-corrected chi connectivity index (χ3v) is 5.09. The normalized spacial score (nSPS) is 11.7. The van der Waals surface area contributed by atoms with Gasteiger partial charge in [-0.25, -0.2) is 0 Å². The highest BCUT2D eigenvalue weighted by molar-refractivity contribution is 7.12. The van der Waals surface area contributed by atoms with E-state index in [1.165, 1.54) is 34.4 Å². The zero-order valence-electron chi connectivity index (χ0n) is 14.4. The molecule has 2 N–H and O–H groups in total. The van der Waals surface area contributed by atoms with Gasteiger partial charge in [0.25, 0.3) is 11.8 Å². The summed E-state index contributed by atoms with van der Waals surface area (Å²) in [5.74, 6) is -1.83. The quantitative estimate of drug-likeness (QED) is 0.743. The predicted molar refractivity (Wildman–Crippen MR) is 102 cm³/mol. The molecule has 2 aromatic rings. The van der Waals surface area contributed by atoms with Crippen LogP contribution in [0.2, 0.25) is 5.02 Å². The maximum Gasteiger partial charge on any atom is 0.323 e. The molecule has 2 amide bonds. The lowest BCUT2D eigenvalue weighted by Crippen LogP contribution is -2.41. The van der Waals surface area contributed by atoms with Crippen LogP contribution in [0.3, 0.4) is 0 Å². The van der Waals surface area contributed by atoms with Crippen molar-refractivity contribution in [2.24, 2.45) is 0 Å². The summed E-state index contributed by atoms with van der Waals surface area (Å²) in [6.45, 7) is 3.27.